The summed E-state index contributed by atoms with van der Waals surface area (Å²) in [4.78, 5) is 15.5. The van der Waals surface area contributed by atoms with Gasteiger partial charge in [0, 0.05) is 0 Å². The van der Waals surface area contributed by atoms with Crippen LogP contribution in [0.1, 0.15) is 10.4 Å². The van der Waals surface area contributed by atoms with Crippen molar-refractivity contribution in [2.24, 2.45) is 0 Å². The van der Waals surface area contributed by atoms with Gasteiger partial charge in [0.25, 0.3) is 0 Å². The van der Waals surface area contributed by atoms with Gasteiger partial charge in [0.15, 0.2) is 0 Å². The molecule has 0 aliphatic rings. The zero-order valence-corrected chi connectivity index (χ0v) is 20.0. The van der Waals surface area contributed by atoms with Crippen molar-refractivity contribution in [3.8, 4) is 0 Å². The van der Waals surface area contributed by atoms with Crippen molar-refractivity contribution in [3.63, 3.8) is 0 Å². The van der Waals surface area contributed by atoms with Gasteiger partial charge in [0.1, 0.15) is 0 Å². The molecule has 0 aromatic heterocycles. The third-order valence-corrected chi connectivity index (χ3v) is 19.1. The Labute approximate surface area is 180 Å². The number of hydrogen-bond donors (Lipinski definition) is 0. The van der Waals surface area contributed by atoms with Crippen LogP contribution in [0.15, 0.2) is 120 Å². The van der Waals surface area contributed by atoms with Crippen molar-refractivity contribution in [2.75, 3.05) is 6.26 Å². The standard InChI is InChI=1S/C8H7OS.3C6H5.Sn/c1-10-8-4-2-7(6-9)3-5-8;3*1-2-4-6-5-3-1;/h2-5H,1H3;3*1-5H;. The van der Waals surface area contributed by atoms with Gasteiger partial charge < -0.3 is 0 Å². The second-order valence-corrected chi connectivity index (χ2v) is 18.3. The molecule has 0 saturated heterocycles. The van der Waals surface area contributed by atoms with Gasteiger partial charge in [0.2, 0.25) is 0 Å². The Hall–Kier alpha value is -2.30. The summed E-state index contributed by atoms with van der Waals surface area (Å²) in [6.07, 6.45) is 2.05. The molecule has 0 radical (unpaired) electrons. The second-order valence-electron chi connectivity index (χ2n) is 6.91. The van der Waals surface area contributed by atoms with E-state index in [1.807, 2.05) is 30.3 Å². The average molecular weight is 501 g/mol. The van der Waals surface area contributed by atoms with E-state index in [2.05, 4.69) is 91.2 Å². The van der Waals surface area contributed by atoms with Gasteiger partial charge in [-0.3, -0.25) is 0 Å². The molecule has 0 saturated carbocycles. The van der Waals surface area contributed by atoms with Crippen LogP contribution in [0.5, 0.6) is 0 Å². The Kier molecular flexibility index (Phi) is 6.22. The second kappa shape index (κ2) is 9.02. The van der Waals surface area contributed by atoms with E-state index >= 15 is 0 Å². The number of benzene rings is 4. The van der Waals surface area contributed by atoms with Crippen LogP contribution in [0.2, 0.25) is 0 Å². The summed E-state index contributed by atoms with van der Waals surface area (Å²) < 4.78 is 3.82. The first-order valence-corrected chi connectivity index (χ1v) is 16.6. The fourth-order valence-corrected chi connectivity index (χ4v) is 17.1. The van der Waals surface area contributed by atoms with Crippen molar-refractivity contribution in [2.45, 2.75) is 4.90 Å². The normalized spacial score (nSPS) is 11.2. The van der Waals surface area contributed by atoms with E-state index in [4.69, 9.17) is 0 Å². The zero-order valence-electron chi connectivity index (χ0n) is 16.3. The maximum atomic E-state index is 14.4. The Morgan fingerprint density at radius 2 is 0.966 bits per heavy atom. The van der Waals surface area contributed by atoms with Gasteiger partial charge >= 0.3 is 181 Å². The Morgan fingerprint density at radius 3 is 1.31 bits per heavy atom. The summed E-state index contributed by atoms with van der Waals surface area (Å²) in [7, 11) is 0. The van der Waals surface area contributed by atoms with Crippen LogP contribution in [0.4, 0.5) is 0 Å². The quantitative estimate of drug-likeness (QED) is 0.290. The van der Waals surface area contributed by atoms with Crippen molar-refractivity contribution in [1.29, 1.82) is 0 Å². The number of hydrogen-bond acceptors (Lipinski definition) is 2. The summed E-state index contributed by atoms with van der Waals surface area (Å²) in [6.45, 7) is 0. The summed E-state index contributed by atoms with van der Waals surface area (Å²) in [5.41, 5.74) is 0.801. The van der Waals surface area contributed by atoms with E-state index in [0.717, 1.165) is 5.56 Å². The Bertz CT molecular complexity index is 981. The van der Waals surface area contributed by atoms with E-state index in [1.54, 1.807) is 11.8 Å². The zero-order chi connectivity index (χ0) is 20.1. The molecule has 0 aliphatic carbocycles. The van der Waals surface area contributed by atoms with Gasteiger partial charge in [-0.1, -0.05) is 0 Å². The molecule has 0 amide bonds. The molecule has 4 rings (SSSR count). The van der Waals surface area contributed by atoms with Crippen molar-refractivity contribution < 1.29 is 4.79 Å². The SMILES string of the molecule is CSc1ccc([C](=O)[Sn]([c]2ccccc2)([c]2ccccc2)[c]2ccccc2)cc1. The monoisotopic (exact) mass is 502 g/mol. The molecule has 4 aromatic rings. The molecule has 0 bridgehead atoms. The van der Waals surface area contributed by atoms with Gasteiger partial charge in [0.05, 0.1) is 0 Å². The van der Waals surface area contributed by atoms with Gasteiger partial charge in [-0.05, 0) is 0 Å². The predicted molar refractivity (Wildman–Crippen MR) is 127 cm³/mol. The molecular formula is C26H22OSSn. The molecule has 4 aromatic carbocycles. The molecule has 1 nitrogen and oxygen atoms in total. The minimum atomic E-state index is -3.98. The van der Waals surface area contributed by atoms with E-state index in [0.29, 0.717) is 0 Å². The van der Waals surface area contributed by atoms with Crippen LogP contribution < -0.4 is 10.7 Å². The van der Waals surface area contributed by atoms with Crippen LogP contribution in [0, 0.1) is 0 Å². The Morgan fingerprint density at radius 1 is 0.586 bits per heavy atom. The van der Waals surface area contributed by atoms with E-state index in [-0.39, 0.29) is 3.80 Å². The molecule has 0 spiro atoms. The minimum absolute atomic E-state index is 0.288. The third kappa shape index (κ3) is 3.79. The molecule has 142 valence electrons. The summed E-state index contributed by atoms with van der Waals surface area (Å²) in [5, 5.41) is 0. The molecule has 0 N–H and O–H groups in total. The van der Waals surface area contributed by atoms with Crippen LogP contribution in [-0.2, 0) is 0 Å². The first-order chi connectivity index (χ1) is 14.3. The summed E-state index contributed by atoms with van der Waals surface area (Å²) >= 11 is -2.29. The predicted octanol–water partition coefficient (Wildman–Crippen LogP) is 4.30. The molecule has 29 heavy (non-hydrogen) atoms. The molecule has 3 heteroatoms. The van der Waals surface area contributed by atoms with Crippen molar-refractivity contribution in [1.82, 2.24) is 0 Å². The maximum absolute atomic E-state index is 14.4. The fraction of sp³-hybridized carbons (Fsp3) is 0.0385. The van der Waals surface area contributed by atoms with Gasteiger partial charge in [-0.25, -0.2) is 0 Å². The molecule has 0 heterocycles. The van der Waals surface area contributed by atoms with E-state index < -0.39 is 18.4 Å². The van der Waals surface area contributed by atoms with Crippen LogP contribution >= 0.6 is 11.8 Å². The summed E-state index contributed by atoms with van der Waals surface area (Å²) in [5.74, 6) is 0. The molecule has 0 fully saturated rings. The van der Waals surface area contributed by atoms with Crippen molar-refractivity contribution >= 4 is 44.7 Å². The molecular weight excluding hydrogens is 479 g/mol. The fourth-order valence-electron chi connectivity index (χ4n) is 3.92. The van der Waals surface area contributed by atoms with E-state index in [1.165, 1.54) is 15.6 Å². The van der Waals surface area contributed by atoms with Crippen LogP contribution in [0.25, 0.3) is 0 Å². The van der Waals surface area contributed by atoms with Crippen molar-refractivity contribution in [3.05, 3.63) is 121 Å². The molecule has 0 unspecified atom stereocenters. The van der Waals surface area contributed by atoms with Crippen LogP contribution in [-0.4, -0.2) is 28.4 Å². The molecule has 0 atom stereocenters. The first kappa shape index (κ1) is 20.0. The average Bonchev–Trinajstić information content (AvgIpc) is 2.82. The number of carbonyl (C=O) groups is 1. The first-order valence-electron chi connectivity index (χ1n) is 9.62. The van der Waals surface area contributed by atoms with Gasteiger partial charge in [-0.2, -0.15) is 0 Å². The Balaban J connectivity index is 2.03. The van der Waals surface area contributed by atoms with E-state index in [9.17, 15) is 4.79 Å². The number of carbonyl (C=O) groups excluding carboxylic acids is 1. The number of thioether (sulfide) groups is 1. The summed E-state index contributed by atoms with van der Waals surface area (Å²) in [6, 6.07) is 39.3. The molecule has 0 aliphatic heterocycles. The number of rotatable bonds is 6. The third-order valence-electron chi connectivity index (χ3n) is 5.31. The topological polar surface area (TPSA) is 17.1 Å². The van der Waals surface area contributed by atoms with Gasteiger partial charge in [-0.15, -0.1) is 0 Å². The van der Waals surface area contributed by atoms with Crippen LogP contribution in [0.3, 0.4) is 0 Å².